The molecule has 0 aliphatic heterocycles. The number of thiophene rings is 1. The summed E-state index contributed by atoms with van der Waals surface area (Å²) in [6.07, 6.45) is 0. The Bertz CT molecular complexity index is 543. The molecule has 4 heteroatoms. The number of anilines is 1. The standard InChI is InChI=1S/C13H11FN2S/c1-16(9-10-4-3-7-17-10)13-6-2-5-12(14)11(13)8-15/h2-7H,9H2,1H3. The van der Waals surface area contributed by atoms with Crippen LogP contribution < -0.4 is 4.90 Å². The molecular formula is C13H11FN2S. The molecule has 1 aromatic carbocycles. The smallest absolute Gasteiger partial charge is 0.143 e. The third kappa shape index (κ3) is 2.45. The quantitative estimate of drug-likeness (QED) is 0.830. The van der Waals surface area contributed by atoms with E-state index in [1.165, 1.54) is 10.9 Å². The number of halogens is 1. The van der Waals surface area contributed by atoms with Gasteiger partial charge >= 0.3 is 0 Å². The Morgan fingerprint density at radius 1 is 1.35 bits per heavy atom. The van der Waals surface area contributed by atoms with Crippen molar-refractivity contribution < 1.29 is 4.39 Å². The molecule has 0 atom stereocenters. The molecule has 0 unspecified atom stereocenters. The van der Waals surface area contributed by atoms with Gasteiger partial charge in [-0.3, -0.25) is 0 Å². The Balaban J connectivity index is 2.28. The largest absolute Gasteiger partial charge is 0.368 e. The second kappa shape index (κ2) is 4.98. The molecule has 0 spiro atoms. The van der Waals surface area contributed by atoms with Crippen molar-refractivity contribution in [2.75, 3.05) is 11.9 Å². The second-order valence-electron chi connectivity index (χ2n) is 3.68. The molecule has 0 saturated carbocycles. The summed E-state index contributed by atoms with van der Waals surface area (Å²) >= 11 is 1.65. The van der Waals surface area contributed by atoms with Gasteiger partial charge in [-0.05, 0) is 23.6 Å². The summed E-state index contributed by atoms with van der Waals surface area (Å²) in [7, 11) is 1.86. The minimum Gasteiger partial charge on any atom is -0.368 e. The average molecular weight is 246 g/mol. The van der Waals surface area contributed by atoms with Crippen molar-refractivity contribution in [1.29, 1.82) is 5.26 Å². The van der Waals surface area contributed by atoms with Gasteiger partial charge in [-0.25, -0.2) is 4.39 Å². The maximum absolute atomic E-state index is 13.4. The molecule has 2 nitrogen and oxygen atoms in total. The molecule has 2 aromatic rings. The van der Waals surface area contributed by atoms with E-state index < -0.39 is 5.82 Å². The summed E-state index contributed by atoms with van der Waals surface area (Å²) in [5.41, 5.74) is 0.729. The van der Waals surface area contributed by atoms with Crippen LogP contribution in [-0.2, 0) is 6.54 Å². The zero-order valence-corrected chi connectivity index (χ0v) is 10.2. The number of rotatable bonds is 3. The highest BCUT2D eigenvalue weighted by molar-refractivity contribution is 7.09. The van der Waals surface area contributed by atoms with Crippen molar-refractivity contribution in [3.63, 3.8) is 0 Å². The number of nitriles is 1. The number of nitrogens with zero attached hydrogens (tertiary/aromatic N) is 2. The third-order valence-corrected chi connectivity index (χ3v) is 3.35. The van der Waals surface area contributed by atoms with Crippen LogP contribution in [0.4, 0.5) is 10.1 Å². The first-order chi connectivity index (χ1) is 8.22. The lowest BCUT2D eigenvalue weighted by atomic mass is 10.1. The van der Waals surface area contributed by atoms with E-state index in [0.29, 0.717) is 12.2 Å². The van der Waals surface area contributed by atoms with E-state index >= 15 is 0 Å². The van der Waals surface area contributed by atoms with Crippen LogP contribution >= 0.6 is 11.3 Å². The lowest BCUT2D eigenvalue weighted by Gasteiger charge is -2.19. The summed E-state index contributed by atoms with van der Waals surface area (Å²) < 4.78 is 13.4. The molecule has 0 saturated heterocycles. The Morgan fingerprint density at radius 3 is 2.82 bits per heavy atom. The number of hydrogen-bond donors (Lipinski definition) is 0. The van der Waals surface area contributed by atoms with Crippen LogP contribution in [0.1, 0.15) is 10.4 Å². The van der Waals surface area contributed by atoms with E-state index in [1.54, 1.807) is 23.5 Å². The molecular weight excluding hydrogens is 235 g/mol. The fourth-order valence-corrected chi connectivity index (χ4v) is 2.42. The summed E-state index contributed by atoms with van der Waals surface area (Å²) in [5.74, 6) is -0.469. The first kappa shape index (κ1) is 11.6. The highest BCUT2D eigenvalue weighted by atomic mass is 32.1. The summed E-state index contributed by atoms with van der Waals surface area (Å²) in [6, 6.07) is 10.6. The molecule has 17 heavy (non-hydrogen) atoms. The number of hydrogen-bond acceptors (Lipinski definition) is 3. The molecule has 86 valence electrons. The highest BCUT2D eigenvalue weighted by Gasteiger charge is 2.11. The molecule has 0 amide bonds. The fraction of sp³-hybridized carbons (Fsp3) is 0.154. The van der Waals surface area contributed by atoms with Gasteiger partial charge in [-0.15, -0.1) is 11.3 Å². The van der Waals surface area contributed by atoms with Crippen LogP contribution in [0, 0.1) is 17.1 Å². The SMILES string of the molecule is CN(Cc1cccs1)c1cccc(F)c1C#N. The highest BCUT2D eigenvalue weighted by Crippen LogP contribution is 2.23. The zero-order chi connectivity index (χ0) is 12.3. The molecule has 0 aliphatic rings. The van der Waals surface area contributed by atoms with E-state index in [2.05, 4.69) is 0 Å². The van der Waals surface area contributed by atoms with Crippen molar-refractivity contribution in [2.24, 2.45) is 0 Å². The van der Waals surface area contributed by atoms with E-state index in [9.17, 15) is 4.39 Å². The van der Waals surface area contributed by atoms with Crippen LogP contribution in [-0.4, -0.2) is 7.05 Å². The molecule has 0 N–H and O–H groups in total. The normalized spacial score (nSPS) is 9.94. The minimum atomic E-state index is -0.469. The lowest BCUT2D eigenvalue weighted by Crippen LogP contribution is -2.17. The monoisotopic (exact) mass is 246 g/mol. The second-order valence-corrected chi connectivity index (χ2v) is 4.71. The Labute approximate surface area is 104 Å². The molecule has 0 aliphatic carbocycles. The van der Waals surface area contributed by atoms with E-state index in [4.69, 9.17) is 5.26 Å². The van der Waals surface area contributed by atoms with E-state index in [1.807, 2.05) is 35.5 Å². The van der Waals surface area contributed by atoms with Gasteiger partial charge in [-0.1, -0.05) is 12.1 Å². The average Bonchev–Trinajstić information content (AvgIpc) is 2.81. The maximum Gasteiger partial charge on any atom is 0.143 e. The predicted octanol–water partition coefficient (Wildman–Crippen LogP) is 3.40. The fourth-order valence-electron chi connectivity index (χ4n) is 1.66. The first-order valence-corrected chi connectivity index (χ1v) is 6.02. The predicted molar refractivity (Wildman–Crippen MR) is 67.5 cm³/mol. The molecule has 1 aromatic heterocycles. The van der Waals surface area contributed by atoms with Gasteiger partial charge in [0.2, 0.25) is 0 Å². The van der Waals surface area contributed by atoms with Crippen molar-refractivity contribution in [1.82, 2.24) is 0 Å². The van der Waals surface area contributed by atoms with Crippen LogP contribution in [0.25, 0.3) is 0 Å². The van der Waals surface area contributed by atoms with Crippen molar-refractivity contribution >= 4 is 17.0 Å². The van der Waals surface area contributed by atoms with Gasteiger partial charge in [0, 0.05) is 11.9 Å². The van der Waals surface area contributed by atoms with Crippen LogP contribution in [0.5, 0.6) is 0 Å². The first-order valence-electron chi connectivity index (χ1n) is 5.14. The molecule has 2 rings (SSSR count). The van der Waals surface area contributed by atoms with Gasteiger partial charge in [-0.2, -0.15) is 5.26 Å². The van der Waals surface area contributed by atoms with Gasteiger partial charge in [0.05, 0.1) is 12.2 Å². The molecule has 0 radical (unpaired) electrons. The maximum atomic E-state index is 13.4. The zero-order valence-electron chi connectivity index (χ0n) is 9.35. The van der Waals surface area contributed by atoms with Gasteiger partial charge in [0.1, 0.15) is 17.4 Å². The van der Waals surface area contributed by atoms with E-state index in [0.717, 1.165) is 0 Å². The topological polar surface area (TPSA) is 27.0 Å². The molecule has 1 heterocycles. The van der Waals surface area contributed by atoms with E-state index in [-0.39, 0.29) is 5.56 Å². The van der Waals surface area contributed by atoms with Crippen LogP contribution in [0.2, 0.25) is 0 Å². The summed E-state index contributed by atoms with van der Waals surface area (Å²) in [6.45, 7) is 0.676. The Hall–Kier alpha value is -1.86. The van der Waals surface area contributed by atoms with Crippen molar-refractivity contribution in [3.8, 4) is 6.07 Å². The molecule has 0 bridgehead atoms. The summed E-state index contributed by atoms with van der Waals surface area (Å²) in [4.78, 5) is 3.06. The summed E-state index contributed by atoms with van der Waals surface area (Å²) in [5, 5.41) is 11.0. The van der Waals surface area contributed by atoms with Gasteiger partial charge < -0.3 is 4.90 Å². The lowest BCUT2D eigenvalue weighted by molar-refractivity contribution is 0.623. The van der Waals surface area contributed by atoms with Gasteiger partial charge in [0.15, 0.2) is 0 Å². The van der Waals surface area contributed by atoms with Gasteiger partial charge in [0.25, 0.3) is 0 Å². The molecule has 0 fully saturated rings. The van der Waals surface area contributed by atoms with Crippen molar-refractivity contribution in [2.45, 2.75) is 6.54 Å². The van der Waals surface area contributed by atoms with Crippen molar-refractivity contribution in [3.05, 3.63) is 52.0 Å². The Morgan fingerprint density at radius 2 is 2.18 bits per heavy atom. The minimum absolute atomic E-state index is 0.103. The Kier molecular flexibility index (Phi) is 3.40. The number of benzene rings is 1. The van der Waals surface area contributed by atoms with Crippen LogP contribution in [0.15, 0.2) is 35.7 Å². The third-order valence-electron chi connectivity index (χ3n) is 2.49. The van der Waals surface area contributed by atoms with Crippen LogP contribution in [0.3, 0.4) is 0 Å².